The Balaban J connectivity index is 1.51. The van der Waals surface area contributed by atoms with Crippen LogP contribution < -0.4 is 10.5 Å². The Hall–Kier alpha value is -3.11. The van der Waals surface area contributed by atoms with Crippen LogP contribution in [0.15, 0.2) is 49.1 Å². The Kier molecular flexibility index (Phi) is 8.28. The van der Waals surface area contributed by atoms with Crippen LogP contribution in [-0.2, 0) is 27.2 Å². The molecule has 10 nitrogen and oxygen atoms in total. The second kappa shape index (κ2) is 11.2. The van der Waals surface area contributed by atoms with Crippen molar-refractivity contribution in [1.29, 1.82) is 0 Å². The largest absolute Gasteiger partial charge is 0.416 e. The van der Waals surface area contributed by atoms with Crippen molar-refractivity contribution in [3.05, 3.63) is 76.5 Å². The van der Waals surface area contributed by atoms with E-state index in [1.807, 2.05) is 0 Å². The molecule has 0 radical (unpaired) electrons. The first-order chi connectivity index (χ1) is 18.2. The molecule has 0 amide bonds. The summed E-state index contributed by atoms with van der Waals surface area (Å²) < 4.78 is 81.9. The molecule has 2 aromatic heterocycles. The summed E-state index contributed by atoms with van der Waals surface area (Å²) in [5.41, 5.74) is -0.497. The van der Waals surface area contributed by atoms with Crippen molar-refractivity contribution in [2.45, 2.75) is 37.5 Å². The Morgan fingerprint density at radius 1 is 1.31 bits per heavy atom. The van der Waals surface area contributed by atoms with Gasteiger partial charge in [-0.2, -0.15) is 21.6 Å². The lowest BCUT2D eigenvalue weighted by Crippen LogP contribution is -2.33. The lowest BCUT2D eigenvalue weighted by atomic mass is 10.1. The predicted octanol–water partition coefficient (Wildman–Crippen LogP) is 2.95. The number of carbonyl (C=O) groups excluding carboxylic acids is 1. The Labute approximate surface area is 225 Å². The van der Waals surface area contributed by atoms with Crippen LogP contribution in [0.2, 0.25) is 5.15 Å². The summed E-state index contributed by atoms with van der Waals surface area (Å²) in [5.74, 6) is -1.56. The fourth-order valence-corrected chi connectivity index (χ4v) is 4.88. The number of nitrogens with one attached hydrogen (secondary N) is 1. The molecule has 39 heavy (non-hydrogen) atoms. The van der Waals surface area contributed by atoms with Crippen LogP contribution in [0.1, 0.15) is 33.5 Å². The first kappa shape index (κ1) is 28.9. The number of benzene rings is 1. The molecule has 0 unspecified atom stereocenters. The third-order valence-corrected chi connectivity index (χ3v) is 6.98. The van der Waals surface area contributed by atoms with Crippen molar-refractivity contribution in [2.75, 3.05) is 11.9 Å². The van der Waals surface area contributed by atoms with Crippen LogP contribution in [-0.4, -0.2) is 58.8 Å². The lowest BCUT2D eigenvalue weighted by Gasteiger charge is -2.18. The van der Waals surface area contributed by atoms with Crippen molar-refractivity contribution in [1.82, 2.24) is 14.5 Å². The number of nitrogens with two attached hydrogens (primary N) is 1. The molecule has 0 aliphatic heterocycles. The fourth-order valence-electron chi connectivity index (χ4n) is 4.29. The Bertz CT molecular complexity index is 1470. The number of aliphatic hydroxyl groups excluding tert-OH is 1. The number of hydrogen-bond donors (Lipinski definition) is 3. The maximum Gasteiger partial charge on any atom is 0.416 e. The molecule has 16 heteroatoms. The van der Waals surface area contributed by atoms with Gasteiger partial charge in [0.1, 0.15) is 23.5 Å². The number of carbonyl (C=O) groups is 1. The maximum atomic E-state index is 14.8. The zero-order valence-electron chi connectivity index (χ0n) is 19.8. The van der Waals surface area contributed by atoms with E-state index in [0.717, 1.165) is 18.5 Å². The highest BCUT2D eigenvalue weighted by atomic mass is 35.5. The van der Waals surface area contributed by atoms with Crippen LogP contribution in [0.25, 0.3) is 0 Å². The molecule has 1 aliphatic carbocycles. The first-order valence-corrected chi connectivity index (χ1v) is 13.2. The molecule has 1 aliphatic rings. The van der Waals surface area contributed by atoms with Gasteiger partial charge in [-0.3, -0.25) is 8.98 Å². The molecule has 210 valence electrons. The summed E-state index contributed by atoms with van der Waals surface area (Å²) in [5, 5.41) is 17.8. The van der Waals surface area contributed by atoms with E-state index in [9.17, 15) is 35.9 Å². The molecule has 2 heterocycles. The number of aliphatic hydroxyl groups is 1. The zero-order valence-corrected chi connectivity index (χ0v) is 21.4. The first-order valence-electron chi connectivity index (χ1n) is 11.4. The van der Waals surface area contributed by atoms with E-state index in [0.29, 0.717) is 5.56 Å². The number of rotatable bonds is 9. The van der Waals surface area contributed by atoms with E-state index in [1.165, 1.54) is 35.2 Å². The number of hydrogen-bond acceptors (Lipinski definition) is 8. The minimum Gasteiger partial charge on any atom is -0.390 e. The summed E-state index contributed by atoms with van der Waals surface area (Å²) in [6, 6.07) is 4.96. The monoisotopic (exact) mass is 591 g/mol. The highest BCUT2D eigenvalue weighted by Gasteiger charge is 2.44. The minimum absolute atomic E-state index is 0.0437. The molecule has 0 saturated heterocycles. The molecule has 4 atom stereocenters. The SMILES string of the molecule is NS(=O)(=O)OC[C@H]1C[C@@H](Nc2ncncc2C(=O)c2cc(Cl)n(Cc3cccc(C(F)(F)F)c3)c2)[C@@H](F)[C@@H]1O. The number of ketones is 1. The second-order valence-corrected chi connectivity index (χ2v) is 10.6. The minimum atomic E-state index is -4.52. The van der Waals surface area contributed by atoms with Gasteiger partial charge < -0.3 is 15.0 Å². The zero-order chi connectivity index (χ0) is 28.5. The van der Waals surface area contributed by atoms with Crippen LogP contribution in [0.4, 0.5) is 23.4 Å². The average molecular weight is 592 g/mol. The standard InChI is InChI=1S/C23H22ClF4N5O5S/c24-18-6-13(9-33(18)8-12-2-1-3-15(4-12)23(26,27)28)20(34)16-7-30-11-31-22(16)32-17-5-14(21(35)19(17)25)10-38-39(29,36)37/h1-4,6-7,9,11,14,17,19,21,35H,5,8,10H2,(H2,29,36,37)(H,30,31,32)/t14-,17-,19-,21-/m1/s1. The third-order valence-electron chi connectivity index (χ3n) is 6.19. The molecule has 4 N–H and O–H groups in total. The van der Waals surface area contributed by atoms with Crippen LogP contribution >= 0.6 is 11.6 Å². The molecule has 1 saturated carbocycles. The molecule has 1 aromatic carbocycles. The highest BCUT2D eigenvalue weighted by molar-refractivity contribution is 7.84. The van der Waals surface area contributed by atoms with E-state index in [4.69, 9.17) is 16.7 Å². The van der Waals surface area contributed by atoms with Gasteiger partial charge in [0.15, 0.2) is 5.78 Å². The number of alkyl halides is 4. The van der Waals surface area contributed by atoms with Crippen molar-refractivity contribution in [2.24, 2.45) is 11.1 Å². The topological polar surface area (TPSA) is 149 Å². The quantitative estimate of drug-likeness (QED) is 0.254. The molecule has 0 spiro atoms. The second-order valence-electron chi connectivity index (χ2n) is 8.95. The summed E-state index contributed by atoms with van der Waals surface area (Å²) in [7, 11) is -4.29. The Morgan fingerprint density at radius 3 is 2.74 bits per heavy atom. The molecule has 1 fully saturated rings. The summed E-state index contributed by atoms with van der Waals surface area (Å²) in [6.45, 7) is -0.579. The van der Waals surface area contributed by atoms with E-state index in [-0.39, 0.29) is 35.1 Å². The lowest BCUT2D eigenvalue weighted by molar-refractivity contribution is -0.137. The highest BCUT2D eigenvalue weighted by Crippen LogP contribution is 2.33. The number of aromatic nitrogens is 3. The van der Waals surface area contributed by atoms with Crippen molar-refractivity contribution in [3.8, 4) is 0 Å². The van der Waals surface area contributed by atoms with Crippen molar-refractivity contribution >= 4 is 33.5 Å². The van der Waals surface area contributed by atoms with Gasteiger partial charge >= 0.3 is 16.5 Å². The molecular weight excluding hydrogens is 570 g/mol. The molecular formula is C23H22ClF4N5O5S. The van der Waals surface area contributed by atoms with Gasteiger partial charge in [0.25, 0.3) is 0 Å². The summed E-state index contributed by atoms with van der Waals surface area (Å²) in [6.07, 6.45) is -4.32. The average Bonchev–Trinajstić information content (AvgIpc) is 3.36. The summed E-state index contributed by atoms with van der Waals surface area (Å²) in [4.78, 5) is 21.1. The molecule has 0 bridgehead atoms. The van der Waals surface area contributed by atoms with Gasteiger partial charge in [-0.15, -0.1) is 0 Å². The number of anilines is 1. The van der Waals surface area contributed by atoms with Crippen LogP contribution in [0, 0.1) is 5.92 Å². The maximum absolute atomic E-state index is 14.8. The normalized spacial score (nSPS) is 21.7. The van der Waals surface area contributed by atoms with Gasteiger partial charge in [-0.25, -0.2) is 19.5 Å². The van der Waals surface area contributed by atoms with E-state index < -0.39 is 58.7 Å². The number of nitrogens with zero attached hydrogens (tertiary/aromatic N) is 3. The van der Waals surface area contributed by atoms with Crippen molar-refractivity contribution < 1.29 is 40.1 Å². The smallest absolute Gasteiger partial charge is 0.390 e. The van der Waals surface area contributed by atoms with Gasteiger partial charge in [0, 0.05) is 30.4 Å². The molecule has 3 aromatic rings. The van der Waals surface area contributed by atoms with Gasteiger partial charge in [-0.1, -0.05) is 23.7 Å². The number of halogens is 5. The van der Waals surface area contributed by atoms with Gasteiger partial charge in [-0.05, 0) is 30.2 Å². The fraction of sp³-hybridized carbons (Fsp3) is 0.348. The van der Waals surface area contributed by atoms with E-state index >= 15 is 0 Å². The summed E-state index contributed by atoms with van der Waals surface area (Å²) >= 11 is 6.25. The van der Waals surface area contributed by atoms with Gasteiger partial charge in [0.2, 0.25) is 0 Å². The predicted molar refractivity (Wildman–Crippen MR) is 131 cm³/mol. The van der Waals surface area contributed by atoms with E-state index in [2.05, 4.69) is 19.5 Å². The van der Waals surface area contributed by atoms with Crippen molar-refractivity contribution in [3.63, 3.8) is 0 Å². The van der Waals surface area contributed by atoms with Gasteiger partial charge in [0.05, 0.1) is 29.9 Å². The van der Waals surface area contributed by atoms with E-state index in [1.54, 1.807) is 0 Å². The van der Waals surface area contributed by atoms with Crippen LogP contribution in [0.3, 0.4) is 0 Å². The van der Waals surface area contributed by atoms with Crippen LogP contribution in [0.5, 0.6) is 0 Å². The Morgan fingerprint density at radius 2 is 2.05 bits per heavy atom. The third kappa shape index (κ3) is 6.91. The molecule has 4 rings (SSSR count).